The third-order valence-electron chi connectivity index (χ3n) is 19.9. The van der Waals surface area contributed by atoms with Gasteiger partial charge in [0.25, 0.3) is 22.2 Å². The van der Waals surface area contributed by atoms with E-state index in [0.717, 1.165) is 117 Å². The van der Waals surface area contributed by atoms with Gasteiger partial charge in [0.1, 0.15) is 0 Å². The molecule has 0 aliphatic carbocycles. The van der Waals surface area contributed by atoms with Crippen LogP contribution < -0.4 is 22.2 Å². The van der Waals surface area contributed by atoms with Crippen LogP contribution in [0.3, 0.4) is 0 Å². The van der Waals surface area contributed by atoms with Gasteiger partial charge in [-0.1, -0.05) is 169 Å². The van der Waals surface area contributed by atoms with E-state index in [1.165, 1.54) is 55.9 Å². The van der Waals surface area contributed by atoms with Crippen molar-refractivity contribution in [3.63, 3.8) is 0 Å². The van der Waals surface area contributed by atoms with Crippen LogP contribution in [-0.4, -0.2) is 126 Å². The Labute approximate surface area is 618 Å². The lowest BCUT2D eigenvalue weighted by Gasteiger charge is -2.32. The number of aromatic nitrogens is 4. The minimum Gasteiger partial charge on any atom is -0.503 e. The summed E-state index contributed by atoms with van der Waals surface area (Å²) >= 11 is 6.14. The number of likely N-dealkylation sites (tertiary alicyclic amines) is 4. The Hall–Kier alpha value is -8.89. The number of hydrogen-bond acceptors (Lipinski definition) is 15. The number of benzene rings is 5. The quantitative estimate of drug-likeness (QED) is 0.0354. The molecule has 4 saturated heterocycles. The topological polar surface area (TPSA) is 243 Å². The summed E-state index contributed by atoms with van der Waals surface area (Å²) in [6.07, 6.45) is 17.5. The summed E-state index contributed by atoms with van der Waals surface area (Å²) in [6.45, 7) is 13.9. The molecule has 558 valence electrons. The van der Waals surface area contributed by atoms with E-state index in [4.69, 9.17) is 11.6 Å². The fourth-order valence-electron chi connectivity index (χ4n) is 13.9. The lowest BCUT2D eigenvalue weighted by atomic mass is 9.90. The predicted octanol–water partition coefficient (Wildman–Crippen LogP) is 12.3. The number of aromatic hydroxyl groups is 4. The molecule has 4 aliphatic rings. The van der Waals surface area contributed by atoms with E-state index in [-0.39, 0.29) is 87.3 Å². The van der Waals surface area contributed by atoms with Crippen molar-refractivity contribution in [2.45, 2.75) is 159 Å². The second-order valence-corrected chi connectivity index (χ2v) is 27.6. The van der Waals surface area contributed by atoms with Crippen molar-refractivity contribution in [1.29, 1.82) is 0 Å². The average molecular weight is 1440 g/mol. The Balaban J connectivity index is 0.000000194. The van der Waals surface area contributed by atoms with Crippen molar-refractivity contribution < 1.29 is 35.7 Å². The van der Waals surface area contributed by atoms with E-state index >= 15 is 0 Å². The van der Waals surface area contributed by atoms with E-state index < -0.39 is 0 Å². The van der Waals surface area contributed by atoms with E-state index in [2.05, 4.69) is 56.9 Å². The van der Waals surface area contributed by atoms with Gasteiger partial charge in [0.15, 0.2) is 23.0 Å². The number of halogens is 1. The van der Waals surface area contributed by atoms with Gasteiger partial charge in [0.05, 0.1) is 46.0 Å². The Bertz CT molecular complexity index is 4400. The highest BCUT2D eigenvalue weighted by Gasteiger charge is 2.24. The van der Waals surface area contributed by atoms with Crippen LogP contribution in [0.5, 0.6) is 23.0 Å². The number of piperidine rings is 2. The molecule has 4 aromatic heterocycles. The summed E-state index contributed by atoms with van der Waals surface area (Å²) in [5.74, 6) is 0.703. The molecular formula is C84H109ClN8O11. The van der Waals surface area contributed by atoms with Crippen LogP contribution in [0.1, 0.15) is 147 Å². The predicted molar refractivity (Wildman–Crippen MR) is 415 cm³/mol. The van der Waals surface area contributed by atoms with Crippen molar-refractivity contribution in [2.24, 2.45) is 11.8 Å². The van der Waals surface area contributed by atoms with Gasteiger partial charge < -0.3 is 54.0 Å². The van der Waals surface area contributed by atoms with Gasteiger partial charge in [-0.25, -0.2) is 0 Å². The lowest BCUT2D eigenvalue weighted by molar-refractivity contribution is 0.175. The maximum Gasteiger partial charge on any atom is 0.293 e. The number of nitrogens with zero attached hydrogens (tertiary/aromatic N) is 8. The van der Waals surface area contributed by atoms with Crippen LogP contribution in [0.2, 0.25) is 5.02 Å². The molecule has 4 fully saturated rings. The molecule has 13 rings (SSSR count). The van der Waals surface area contributed by atoms with Gasteiger partial charge in [-0.05, 0) is 184 Å². The Morgan fingerprint density at radius 2 is 0.635 bits per heavy atom. The Morgan fingerprint density at radius 3 is 0.981 bits per heavy atom. The molecule has 0 amide bonds. The zero-order valence-corrected chi connectivity index (χ0v) is 58.7. The van der Waals surface area contributed by atoms with Crippen molar-refractivity contribution >= 4 is 11.6 Å². The van der Waals surface area contributed by atoms with Gasteiger partial charge in [0.2, 0.25) is 0 Å². The fraction of sp³-hybridized carbons (Fsp3) is 0.405. The molecule has 1 unspecified atom stereocenters. The van der Waals surface area contributed by atoms with Crippen molar-refractivity contribution in [1.82, 2.24) is 37.9 Å². The van der Waals surface area contributed by atoms with Crippen molar-refractivity contribution in [2.75, 3.05) is 52.4 Å². The van der Waals surface area contributed by atoms with Crippen LogP contribution in [0.15, 0.2) is 196 Å². The Morgan fingerprint density at radius 1 is 0.337 bits per heavy atom. The number of hydrogen-bond donors (Lipinski definition) is 7. The SMILES string of the molecule is C.C.C.CC1CCN(Cc2ccn(Cc3ccccc3CO)c(=O)c2O)C1.O=c1c(O)c(CN2CCC(Cc3ccccc3)CC2)ccn1Cc1ccccc1CO.O=c1c(O)c(CN2CCCC2)ccn1Cc1ccccc1CO.O=c1c(O)c(CN2CCCCC2)ccn1Cc1ccccc1Cl. The molecule has 8 heterocycles. The van der Waals surface area contributed by atoms with E-state index in [9.17, 15) is 54.9 Å². The molecule has 0 bridgehead atoms. The van der Waals surface area contributed by atoms with Gasteiger partial charge >= 0.3 is 0 Å². The first-order chi connectivity index (χ1) is 49.0. The number of rotatable bonds is 21. The number of aliphatic hydroxyl groups excluding tert-OH is 3. The molecule has 104 heavy (non-hydrogen) atoms. The highest BCUT2D eigenvalue weighted by atomic mass is 35.5. The normalized spacial score (nSPS) is 15.6. The van der Waals surface area contributed by atoms with Crippen LogP contribution in [0.4, 0.5) is 0 Å². The minimum atomic E-state index is -0.385. The standard InChI is InChI=1S/C26H30N2O3.C19H24N2O3.C18H21ClN2O2.C18H22N2O3.3CH4/c29-19-24-9-5-4-8-22(24)18-28-15-12-23(25(30)26(28)31)17-27-13-10-21(11-14-27)16-20-6-2-1-3-7-20;1-14-6-8-20(10-14)11-16-7-9-21(19(24)18(16)23)12-15-4-2-3-5-17(15)13-22;19-16-7-3-2-6-14(16)13-21-11-8-15(17(22)18(21)23)12-20-9-4-1-5-10-20;21-13-16-6-2-1-5-14(16)12-20-10-7-15(17(22)18(20)23)11-19-8-3-4-9-19;;;/h1-9,12,15,21,29-30H,10-11,13-14,16-19H2;2-5,7,9,14,22-23H,6,8,10-13H2,1H3;2-3,6-8,11,22H,1,4-5,9-10,12-13H2;1-2,5-7,10,21-22H,3-4,8-9,11-13H2;3*1H4. The van der Waals surface area contributed by atoms with Crippen LogP contribution in [0, 0.1) is 11.8 Å². The smallest absolute Gasteiger partial charge is 0.293 e. The fourth-order valence-corrected chi connectivity index (χ4v) is 14.1. The molecule has 20 heteroatoms. The molecule has 0 spiro atoms. The average Bonchev–Trinajstić information content (AvgIpc) is 1.02. The second-order valence-electron chi connectivity index (χ2n) is 27.2. The summed E-state index contributed by atoms with van der Waals surface area (Å²) in [6, 6.07) is 47.7. The van der Waals surface area contributed by atoms with Gasteiger partial charge in [0, 0.05) is 84.8 Å². The molecule has 1 atom stereocenters. The molecule has 5 aromatic carbocycles. The number of pyridine rings is 4. The molecule has 9 aromatic rings. The van der Waals surface area contributed by atoms with Crippen LogP contribution in [-0.2, 0) is 78.6 Å². The van der Waals surface area contributed by atoms with Gasteiger partial charge in [-0.3, -0.25) is 38.8 Å². The summed E-state index contributed by atoms with van der Waals surface area (Å²) in [4.78, 5) is 59.1. The summed E-state index contributed by atoms with van der Waals surface area (Å²) in [5, 5.41) is 70.3. The maximum atomic E-state index is 12.7. The number of aliphatic hydroxyl groups is 3. The molecule has 0 saturated carbocycles. The maximum absolute atomic E-state index is 12.7. The first-order valence-corrected chi connectivity index (χ1v) is 35.8. The minimum absolute atomic E-state index is 0. The lowest BCUT2D eigenvalue weighted by Crippen LogP contribution is -2.34. The van der Waals surface area contributed by atoms with Crippen molar-refractivity contribution in [3.05, 3.63) is 290 Å². The van der Waals surface area contributed by atoms with Crippen molar-refractivity contribution in [3.8, 4) is 23.0 Å². The molecule has 4 aliphatic heterocycles. The van der Waals surface area contributed by atoms with Crippen LogP contribution >= 0.6 is 11.6 Å². The van der Waals surface area contributed by atoms with E-state index in [1.807, 2.05) is 115 Å². The van der Waals surface area contributed by atoms with Crippen LogP contribution in [0.25, 0.3) is 0 Å². The Kier molecular flexibility index (Phi) is 32.5. The monoisotopic (exact) mass is 1440 g/mol. The second kappa shape index (κ2) is 41.0. The zero-order chi connectivity index (χ0) is 71.2. The summed E-state index contributed by atoms with van der Waals surface area (Å²) < 4.78 is 5.97. The summed E-state index contributed by atoms with van der Waals surface area (Å²) in [7, 11) is 0. The third kappa shape index (κ3) is 22.6. The molecule has 19 nitrogen and oxygen atoms in total. The van der Waals surface area contributed by atoms with E-state index in [0.29, 0.717) is 91.5 Å². The van der Waals surface area contributed by atoms with E-state index in [1.54, 1.807) is 30.9 Å². The first-order valence-electron chi connectivity index (χ1n) is 35.4. The molecule has 7 N–H and O–H groups in total. The summed E-state index contributed by atoms with van der Waals surface area (Å²) in [5.41, 5.74) is 8.49. The molecule has 0 radical (unpaired) electrons. The first kappa shape index (κ1) is 82.4. The third-order valence-corrected chi connectivity index (χ3v) is 20.3. The van der Waals surface area contributed by atoms with Gasteiger partial charge in [-0.15, -0.1) is 0 Å². The zero-order valence-electron chi connectivity index (χ0n) is 57.9. The molecular weight excluding hydrogens is 1330 g/mol. The highest BCUT2D eigenvalue weighted by molar-refractivity contribution is 6.31. The largest absolute Gasteiger partial charge is 0.503 e. The van der Waals surface area contributed by atoms with Gasteiger partial charge in [-0.2, -0.15) is 0 Å². The highest BCUT2D eigenvalue weighted by Crippen LogP contribution is 2.27.